The van der Waals surface area contributed by atoms with Crippen molar-refractivity contribution < 1.29 is 22.4 Å². The van der Waals surface area contributed by atoms with Crippen LogP contribution in [0.4, 0.5) is 17.6 Å². The number of carbonyl (C=O) groups excluding carboxylic acids is 1. The van der Waals surface area contributed by atoms with Crippen LogP contribution in [0.3, 0.4) is 0 Å². The van der Waals surface area contributed by atoms with Crippen molar-refractivity contribution in [1.29, 1.82) is 0 Å². The summed E-state index contributed by atoms with van der Waals surface area (Å²) in [5.74, 6) is -1.94. The van der Waals surface area contributed by atoms with E-state index in [1.807, 2.05) is 0 Å². The van der Waals surface area contributed by atoms with Crippen LogP contribution in [0.25, 0.3) is 0 Å². The van der Waals surface area contributed by atoms with Gasteiger partial charge in [-0.15, -0.1) is 0 Å². The van der Waals surface area contributed by atoms with Gasteiger partial charge < -0.3 is 11.1 Å². The third-order valence-corrected chi connectivity index (χ3v) is 2.24. The predicted molar refractivity (Wildman–Crippen MR) is 62.0 cm³/mol. The van der Waals surface area contributed by atoms with Gasteiger partial charge in [0.2, 0.25) is 0 Å². The van der Waals surface area contributed by atoms with Crippen molar-refractivity contribution >= 4 is 5.91 Å². The summed E-state index contributed by atoms with van der Waals surface area (Å²) in [7, 11) is 0. The first-order valence-corrected chi connectivity index (χ1v) is 5.44. The molecule has 3 N–H and O–H groups in total. The van der Waals surface area contributed by atoms with Gasteiger partial charge >= 0.3 is 6.18 Å². The zero-order chi connectivity index (χ0) is 14.8. The normalized spacial score (nSPS) is 12.4. The number of nitrogens with one attached hydrogen (secondary N) is 1. The molecule has 1 aromatic rings. The third-order valence-electron chi connectivity index (χ3n) is 2.24. The maximum Gasteiger partial charge on any atom is 0.416 e. The van der Waals surface area contributed by atoms with Gasteiger partial charge in [0.1, 0.15) is 5.82 Å². The molecule has 1 amide bonds. The highest BCUT2D eigenvalue weighted by Gasteiger charge is 2.32. The third kappa shape index (κ3) is 4.51. The minimum atomic E-state index is -4.63. The monoisotopic (exact) mass is 278 g/mol. The van der Waals surface area contributed by atoms with Crippen LogP contribution in [0.15, 0.2) is 18.2 Å². The smallest absolute Gasteiger partial charge is 0.350 e. The molecule has 0 aliphatic carbocycles. The summed E-state index contributed by atoms with van der Waals surface area (Å²) in [5, 5.41) is 2.29. The number of nitrogens with two attached hydrogens (primary N) is 1. The van der Waals surface area contributed by atoms with Crippen molar-refractivity contribution in [3.8, 4) is 0 Å². The SMILES string of the molecule is CC(C)(N)CNC(=O)c1cc(C(F)(F)F)ccc1F. The Hall–Kier alpha value is -1.63. The molecule has 0 unspecified atom stereocenters. The minimum Gasteiger partial charge on any atom is -0.350 e. The number of hydrogen-bond acceptors (Lipinski definition) is 2. The Morgan fingerprint density at radius 1 is 1.32 bits per heavy atom. The van der Waals surface area contributed by atoms with Gasteiger partial charge in [0.05, 0.1) is 11.1 Å². The zero-order valence-corrected chi connectivity index (χ0v) is 10.4. The zero-order valence-electron chi connectivity index (χ0n) is 10.4. The highest BCUT2D eigenvalue weighted by atomic mass is 19.4. The molecule has 1 aromatic carbocycles. The molecule has 0 fully saturated rings. The predicted octanol–water partition coefficient (Wildman–Crippen LogP) is 2.31. The second-order valence-corrected chi connectivity index (χ2v) is 4.86. The van der Waals surface area contributed by atoms with E-state index in [1.54, 1.807) is 13.8 Å². The molecular weight excluding hydrogens is 264 g/mol. The molecule has 0 heterocycles. The Labute approximate surface area is 107 Å². The average molecular weight is 278 g/mol. The molecule has 0 saturated heterocycles. The van der Waals surface area contributed by atoms with E-state index >= 15 is 0 Å². The van der Waals surface area contributed by atoms with Crippen molar-refractivity contribution in [1.82, 2.24) is 5.32 Å². The number of hydrogen-bond donors (Lipinski definition) is 2. The number of amides is 1. The Morgan fingerprint density at radius 3 is 2.37 bits per heavy atom. The average Bonchev–Trinajstić information content (AvgIpc) is 2.24. The number of halogens is 4. The lowest BCUT2D eigenvalue weighted by Crippen LogP contribution is -2.45. The quantitative estimate of drug-likeness (QED) is 0.834. The summed E-state index contributed by atoms with van der Waals surface area (Å²) in [4.78, 5) is 11.6. The van der Waals surface area contributed by atoms with Crippen molar-refractivity contribution in [2.24, 2.45) is 5.73 Å². The van der Waals surface area contributed by atoms with Crippen LogP contribution in [0.1, 0.15) is 29.8 Å². The Bertz CT molecular complexity index is 478. The number of carbonyl (C=O) groups is 1. The highest BCUT2D eigenvalue weighted by molar-refractivity contribution is 5.94. The summed E-state index contributed by atoms with van der Waals surface area (Å²) in [6.07, 6.45) is -4.63. The lowest BCUT2D eigenvalue weighted by atomic mass is 10.1. The molecule has 106 valence electrons. The Kier molecular flexibility index (Phi) is 4.19. The van der Waals surface area contributed by atoms with Crippen LogP contribution in [0.2, 0.25) is 0 Å². The molecule has 0 saturated carbocycles. The largest absolute Gasteiger partial charge is 0.416 e. The first kappa shape index (κ1) is 15.4. The molecule has 0 bridgehead atoms. The number of benzene rings is 1. The Balaban J connectivity index is 2.97. The maximum atomic E-state index is 13.4. The van der Waals surface area contributed by atoms with Crippen molar-refractivity contribution in [3.05, 3.63) is 35.1 Å². The van der Waals surface area contributed by atoms with Gasteiger partial charge in [0.25, 0.3) is 5.91 Å². The van der Waals surface area contributed by atoms with E-state index in [-0.39, 0.29) is 6.54 Å². The number of alkyl halides is 3. The van der Waals surface area contributed by atoms with Gasteiger partial charge in [-0.2, -0.15) is 13.2 Å². The van der Waals surface area contributed by atoms with Crippen LogP contribution in [0, 0.1) is 5.82 Å². The first-order chi connectivity index (χ1) is 8.50. The van der Waals surface area contributed by atoms with E-state index in [0.717, 1.165) is 0 Å². The fourth-order valence-electron chi connectivity index (χ4n) is 1.28. The molecule has 0 aliphatic rings. The van der Waals surface area contributed by atoms with Crippen LogP contribution >= 0.6 is 0 Å². The summed E-state index contributed by atoms with van der Waals surface area (Å²) < 4.78 is 50.8. The van der Waals surface area contributed by atoms with Crippen molar-refractivity contribution in [3.63, 3.8) is 0 Å². The van der Waals surface area contributed by atoms with Gasteiger partial charge in [-0.1, -0.05) is 0 Å². The molecule has 0 aromatic heterocycles. The molecule has 0 spiro atoms. The van der Waals surface area contributed by atoms with E-state index in [0.29, 0.717) is 18.2 Å². The lowest BCUT2D eigenvalue weighted by Gasteiger charge is -2.19. The summed E-state index contributed by atoms with van der Waals surface area (Å²) in [6.45, 7) is 3.26. The first-order valence-electron chi connectivity index (χ1n) is 5.44. The summed E-state index contributed by atoms with van der Waals surface area (Å²) >= 11 is 0. The summed E-state index contributed by atoms with van der Waals surface area (Å²) in [6, 6.07) is 1.68. The van der Waals surface area contributed by atoms with E-state index in [2.05, 4.69) is 5.32 Å². The van der Waals surface area contributed by atoms with E-state index in [9.17, 15) is 22.4 Å². The molecule has 1 rings (SSSR count). The van der Waals surface area contributed by atoms with E-state index in [1.165, 1.54) is 0 Å². The minimum absolute atomic E-state index is 0.0154. The van der Waals surface area contributed by atoms with E-state index in [4.69, 9.17) is 5.73 Å². The van der Waals surface area contributed by atoms with Crippen LogP contribution in [0.5, 0.6) is 0 Å². The van der Waals surface area contributed by atoms with Crippen LogP contribution < -0.4 is 11.1 Å². The molecule has 0 atom stereocenters. The molecular formula is C12H14F4N2O. The molecule has 19 heavy (non-hydrogen) atoms. The second-order valence-electron chi connectivity index (χ2n) is 4.86. The Morgan fingerprint density at radius 2 is 1.89 bits per heavy atom. The topological polar surface area (TPSA) is 55.1 Å². The fourth-order valence-corrected chi connectivity index (χ4v) is 1.28. The highest BCUT2D eigenvalue weighted by Crippen LogP contribution is 2.30. The van der Waals surface area contributed by atoms with Gasteiger partial charge in [-0.3, -0.25) is 4.79 Å². The molecule has 3 nitrogen and oxygen atoms in total. The lowest BCUT2D eigenvalue weighted by molar-refractivity contribution is -0.137. The van der Waals surface area contributed by atoms with Crippen LogP contribution in [-0.2, 0) is 6.18 Å². The second kappa shape index (κ2) is 5.16. The van der Waals surface area contributed by atoms with Gasteiger partial charge in [0, 0.05) is 12.1 Å². The molecule has 0 aliphatic heterocycles. The maximum absolute atomic E-state index is 13.4. The number of rotatable bonds is 3. The van der Waals surface area contributed by atoms with Gasteiger partial charge in [0.15, 0.2) is 0 Å². The summed E-state index contributed by atoms with van der Waals surface area (Å²) in [5.41, 5.74) is 3.14. The fraction of sp³-hybridized carbons (Fsp3) is 0.417. The molecule has 0 radical (unpaired) electrons. The van der Waals surface area contributed by atoms with Gasteiger partial charge in [-0.05, 0) is 32.0 Å². The van der Waals surface area contributed by atoms with E-state index < -0.39 is 34.6 Å². The van der Waals surface area contributed by atoms with Crippen molar-refractivity contribution in [2.75, 3.05) is 6.54 Å². The standard InChI is InChI=1S/C12H14F4N2O/c1-11(2,17)6-18-10(19)8-5-7(12(14,15)16)3-4-9(8)13/h3-5H,6,17H2,1-2H3,(H,18,19). The van der Waals surface area contributed by atoms with Crippen LogP contribution in [-0.4, -0.2) is 18.0 Å². The molecule has 7 heteroatoms. The van der Waals surface area contributed by atoms with Gasteiger partial charge in [-0.25, -0.2) is 4.39 Å². The van der Waals surface area contributed by atoms with Crippen molar-refractivity contribution in [2.45, 2.75) is 25.6 Å².